The largest absolute Gasteiger partial charge is 0.497 e. The molecule has 0 aliphatic carbocycles. The number of nitrogens with one attached hydrogen (secondary N) is 5. The summed E-state index contributed by atoms with van der Waals surface area (Å²) in [4.78, 5) is 92.6. The Bertz CT molecular complexity index is 3660. The van der Waals surface area contributed by atoms with Crippen LogP contribution in [-0.2, 0) is 84.4 Å². The summed E-state index contributed by atoms with van der Waals surface area (Å²) in [6, 6.07) is 16.7. The van der Waals surface area contributed by atoms with Crippen LogP contribution in [0.1, 0.15) is 126 Å². The molecule has 0 bridgehead atoms. The number of hydrogen-bond acceptors (Lipinski definition) is 28. The van der Waals surface area contributed by atoms with Gasteiger partial charge in [-0.15, -0.1) is 10.2 Å². The van der Waals surface area contributed by atoms with Crippen molar-refractivity contribution in [1.29, 1.82) is 0 Å². The van der Waals surface area contributed by atoms with Crippen LogP contribution in [0, 0.1) is 10.8 Å². The van der Waals surface area contributed by atoms with Gasteiger partial charge in [-0.3, -0.25) is 33.6 Å². The molecule has 4 unspecified atom stereocenters. The first-order chi connectivity index (χ1) is 55.9. The number of nitrogens with zero attached hydrogens (tertiary/aromatic N) is 7. The van der Waals surface area contributed by atoms with Gasteiger partial charge in [-0.25, -0.2) is 9.36 Å². The van der Waals surface area contributed by atoms with Gasteiger partial charge in [0.1, 0.15) is 71.6 Å². The molecule has 12 atom stereocenters. The van der Waals surface area contributed by atoms with Gasteiger partial charge in [0.2, 0.25) is 29.5 Å². The summed E-state index contributed by atoms with van der Waals surface area (Å²) in [6.07, 6.45) is 0.158. The zero-order chi connectivity index (χ0) is 83.4. The highest BCUT2D eigenvalue weighted by Crippen LogP contribution is 2.48. The second-order valence-corrected chi connectivity index (χ2v) is 29.4. The van der Waals surface area contributed by atoms with Crippen LogP contribution < -0.4 is 36.1 Å². The van der Waals surface area contributed by atoms with Crippen molar-refractivity contribution in [1.82, 2.24) is 56.2 Å². The Morgan fingerprint density at radius 2 is 0.991 bits per heavy atom. The van der Waals surface area contributed by atoms with Crippen LogP contribution in [0.25, 0.3) is 22.5 Å². The van der Waals surface area contributed by atoms with Crippen molar-refractivity contribution >= 4 is 46.9 Å². The van der Waals surface area contributed by atoms with Crippen molar-refractivity contribution in [3.63, 3.8) is 0 Å². The van der Waals surface area contributed by atoms with Crippen LogP contribution in [0.2, 0.25) is 0 Å². The van der Waals surface area contributed by atoms with E-state index in [9.17, 15) is 59.1 Å². The normalized spacial score (nSPS) is 22.6. The van der Waals surface area contributed by atoms with Crippen LogP contribution in [0.3, 0.4) is 0 Å². The number of carbonyl (C=O) groups excluding carboxylic acids is 7. The molecule has 5 heterocycles. The van der Waals surface area contributed by atoms with E-state index in [1.54, 1.807) is 50.9 Å². The van der Waals surface area contributed by atoms with Gasteiger partial charge in [0.15, 0.2) is 18.4 Å². The first-order valence-corrected chi connectivity index (χ1v) is 39.7. The van der Waals surface area contributed by atoms with E-state index < -0.39 is 84.9 Å². The van der Waals surface area contributed by atoms with Crippen LogP contribution in [0.5, 0.6) is 11.5 Å². The molecule has 116 heavy (non-hydrogen) atoms. The van der Waals surface area contributed by atoms with E-state index in [-0.39, 0.29) is 183 Å². The number of unbranched alkanes of at least 4 members (excludes halogenated alkanes) is 5. The predicted molar refractivity (Wildman–Crippen MR) is 418 cm³/mol. The quantitative estimate of drug-likeness (QED) is 0.0198. The number of amides is 6. The third-order valence-corrected chi connectivity index (χ3v) is 20.7. The summed E-state index contributed by atoms with van der Waals surface area (Å²) in [5.41, 5.74) is 2.57. The lowest BCUT2D eigenvalue weighted by atomic mass is 9.67. The van der Waals surface area contributed by atoms with E-state index in [0.29, 0.717) is 55.2 Å². The number of Topliss-reactive ketones (excluding diaryl/α,β-unsaturated/α-hetero) is 1. The number of aromatic nitrogens is 6. The van der Waals surface area contributed by atoms with Crippen molar-refractivity contribution in [3.8, 4) is 34.0 Å². The number of benzene rings is 3. The molecule has 8 rings (SSSR count). The summed E-state index contributed by atoms with van der Waals surface area (Å²) < 4.78 is 71.7. The maximum absolute atomic E-state index is 13.7. The number of aliphatic hydroxyl groups excluding tert-OH is 5. The standard InChI is InChI=1S/C80H118N12O24/c1-8-79(4)50-90(51-80(79,5)52-93)69(99)24-14-12-10-9-11-13-23-67(97)82-45-68(98)85-59-41-57(64(96)22-17-26-107-28-30-109-32-34-111-36-38-113-77-70(83-53(2)94)74(102)72(100)65(115-77)48-91-46-62(86-88-91)55-18-15-20-60(43-55)105-6)40-58(42-59)76(104)81-25-27-108-29-31-110-33-35-112-37-39-114-78-71(84-54(3)95)75(103)73(101)66(116-78)49-92-47-63(87-89-92)56-19-16-21-61(44-56)106-7/h15-16,18-21,40-44,46-47,65-66,70-75,77-78,93,100-103H,8-14,17,22-39,45,48-52H2,1-7H3,(H,81,104)(H,82,97)(H,83,94)(H,84,95)(H,85,98)/t65-,66-,70-,71-,72+,73+,74-,75-,77?,78?,79?,80?/m1/s1. The molecular weight excluding hydrogens is 1510 g/mol. The number of hydrogen-bond donors (Lipinski definition) is 10. The fourth-order valence-electron chi connectivity index (χ4n) is 13.7. The Hall–Kier alpha value is -8.57. The topological polar surface area (TPSA) is 456 Å². The van der Waals surface area contributed by atoms with Crippen molar-refractivity contribution in [2.45, 2.75) is 180 Å². The Kier molecular flexibility index (Phi) is 38.7. The smallest absolute Gasteiger partial charge is 0.251 e. The van der Waals surface area contributed by atoms with Crippen molar-refractivity contribution in [2.75, 3.05) is 145 Å². The Morgan fingerprint density at radius 1 is 0.526 bits per heavy atom. The zero-order valence-electron chi connectivity index (χ0n) is 67.5. The minimum Gasteiger partial charge on any atom is -0.497 e. The monoisotopic (exact) mass is 1630 g/mol. The second-order valence-electron chi connectivity index (χ2n) is 29.4. The number of aliphatic hydroxyl groups is 5. The molecule has 36 nitrogen and oxygen atoms in total. The summed E-state index contributed by atoms with van der Waals surface area (Å²) in [5, 5.41) is 84.5. The highest BCUT2D eigenvalue weighted by Gasteiger charge is 2.52. The average molecular weight is 1630 g/mol. The number of methoxy groups -OCH3 is 2. The van der Waals surface area contributed by atoms with Gasteiger partial charge < -0.3 is 114 Å². The molecule has 0 saturated carbocycles. The van der Waals surface area contributed by atoms with Crippen LogP contribution in [0.4, 0.5) is 5.69 Å². The Balaban J connectivity index is 0.715. The molecule has 0 spiro atoms. The third kappa shape index (κ3) is 29.2. The molecule has 3 aromatic carbocycles. The Labute approximate surface area is 675 Å². The fourth-order valence-corrected chi connectivity index (χ4v) is 13.7. The highest BCUT2D eigenvalue weighted by atomic mass is 16.7. The van der Waals surface area contributed by atoms with E-state index in [1.807, 2.05) is 29.2 Å². The number of carbonyl (C=O) groups is 7. The minimum absolute atomic E-state index is 0.00154. The van der Waals surface area contributed by atoms with Crippen LogP contribution in [-0.4, -0.2) is 302 Å². The lowest BCUT2D eigenvalue weighted by Crippen LogP contribution is -2.64. The maximum Gasteiger partial charge on any atom is 0.251 e. The summed E-state index contributed by atoms with van der Waals surface area (Å²) in [5.74, 6) is -1.27. The highest BCUT2D eigenvalue weighted by molar-refractivity contribution is 6.04. The molecule has 3 saturated heterocycles. The summed E-state index contributed by atoms with van der Waals surface area (Å²) in [7, 11) is 3.12. The number of anilines is 1. The lowest BCUT2D eigenvalue weighted by Gasteiger charge is -2.42. The Morgan fingerprint density at radius 3 is 1.47 bits per heavy atom. The maximum atomic E-state index is 13.7. The summed E-state index contributed by atoms with van der Waals surface area (Å²) in [6.45, 7) is 11.9. The minimum atomic E-state index is -1.44. The first-order valence-electron chi connectivity index (χ1n) is 39.7. The van der Waals surface area contributed by atoms with Gasteiger partial charge in [-0.2, -0.15) is 0 Å². The van der Waals surface area contributed by atoms with E-state index in [2.05, 4.69) is 68.0 Å². The van der Waals surface area contributed by atoms with Gasteiger partial charge in [-0.1, -0.05) is 81.1 Å². The summed E-state index contributed by atoms with van der Waals surface area (Å²) >= 11 is 0. The number of rotatable bonds is 53. The lowest BCUT2D eigenvalue weighted by molar-refractivity contribution is -0.269. The number of ether oxygens (including phenoxy) is 12. The number of ketones is 1. The van der Waals surface area contributed by atoms with Gasteiger partial charge in [-0.05, 0) is 73.6 Å². The molecule has 3 aliphatic heterocycles. The molecule has 6 amide bonds. The van der Waals surface area contributed by atoms with Gasteiger partial charge >= 0.3 is 0 Å². The van der Waals surface area contributed by atoms with Crippen molar-refractivity contribution < 1.29 is 116 Å². The van der Waals surface area contributed by atoms with Crippen LogP contribution >= 0.6 is 0 Å². The van der Waals surface area contributed by atoms with E-state index in [4.69, 9.17) is 56.8 Å². The molecular formula is C80H118N12O24. The molecule has 3 aliphatic rings. The van der Waals surface area contributed by atoms with E-state index in [0.717, 1.165) is 49.7 Å². The molecule has 0 radical (unpaired) electrons. The average Bonchev–Trinajstić information content (AvgIpc) is 1.61. The van der Waals surface area contributed by atoms with Gasteiger partial charge in [0.25, 0.3) is 5.91 Å². The number of likely N-dealkylation sites (tertiary alicyclic amines) is 1. The molecule has 2 aromatic heterocycles. The predicted octanol–water partition coefficient (Wildman–Crippen LogP) is 2.78. The SMILES string of the molecule is CCC1(C)CN(C(=O)CCCCCCCCC(=O)NCC(=O)Nc2cc(C(=O)CCCOCCOCCOCCOC3O[C@H](Cn4cc(-c5cccc(OC)c5)nn4)[C@H](O)[C@H](O)[C@H]3NC(C)=O)cc(C(=O)NCCOCCOCCOCCOC3O[C@H](Cn4cc(-c5cccc(OC)c5)nn4)[C@H](O)[C@H](O)[C@H]3NC(C)=O)c2)CC1(C)CO. The van der Waals surface area contributed by atoms with Gasteiger partial charge in [0, 0.05) is 92.7 Å². The molecule has 3 fully saturated rings. The zero-order valence-corrected chi connectivity index (χ0v) is 67.5. The molecule has 642 valence electrons. The molecule has 36 heteroatoms. The third-order valence-electron chi connectivity index (χ3n) is 20.7. The van der Waals surface area contributed by atoms with Crippen molar-refractivity contribution in [2.24, 2.45) is 10.8 Å². The molecule has 5 aromatic rings. The van der Waals surface area contributed by atoms with Crippen molar-refractivity contribution in [3.05, 3.63) is 90.3 Å². The van der Waals surface area contributed by atoms with E-state index in [1.165, 1.54) is 41.4 Å². The fraction of sp³-hybridized carbons (Fsp3) is 0.637. The first kappa shape index (κ1) is 92.9. The van der Waals surface area contributed by atoms with E-state index >= 15 is 0 Å². The second kappa shape index (κ2) is 48.3. The molecule has 10 N–H and O–H groups in total. The van der Waals surface area contributed by atoms with Gasteiger partial charge in [0.05, 0.1) is 139 Å². The van der Waals surface area contributed by atoms with Crippen LogP contribution in [0.15, 0.2) is 79.1 Å².